The van der Waals surface area contributed by atoms with Gasteiger partial charge in [-0.25, -0.2) is 4.39 Å². The topological polar surface area (TPSA) is 12.0 Å². The fourth-order valence-electron chi connectivity index (χ4n) is 1.62. The van der Waals surface area contributed by atoms with Gasteiger partial charge in [0.1, 0.15) is 5.82 Å². The second-order valence-corrected chi connectivity index (χ2v) is 3.97. The Hall–Kier alpha value is -1.04. The predicted molar refractivity (Wildman–Crippen MR) is 66.0 cm³/mol. The molecule has 1 atom stereocenters. The third kappa shape index (κ3) is 3.52. The van der Waals surface area contributed by atoms with Crippen LogP contribution in [-0.2, 0) is 6.42 Å². The lowest BCUT2D eigenvalue weighted by atomic mass is 10.0. The highest BCUT2D eigenvalue weighted by atomic mass is 35.5. The van der Waals surface area contributed by atoms with Crippen LogP contribution < -0.4 is 5.32 Å². The summed E-state index contributed by atoms with van der Waals surface area (Å²) in [4.78, 5) is 0. The molecule has 1 nitrogen and oxygen atoms in total. The first-order valence-corrected chi connectivity index (χ1v) is 5.66. The van der Waals surface area contributed by atoms with Crippen molar-refractivity contribution in [3.63, 3.8) is 0 Å². The molecule has 0 aliphatic carbocycles. The Labute approximate surface area is 101 Å². The van der Waals surface area contributed by atoms with E-state index in [-0.39, 0.29) is 11.9 Å². The van der Waals surface area contributed by atoms with Gasteiger partial charge < -0.3 is 5.32 Å². The molecule has 0 saturated carbocycles. The third-order valence-corrected chi connectivity index (χ3v) is 2.72. The van der Waals surface area contributed by atoms with Crippen molar-refractivity contribution in [2.75, 3.05) is 6.54 Å². The summed E-state index contributed by atoms with van der Waals surface area (Å²) >= 11 is 5.95. The zero-order chi connectivity index (χ0) is 12.0. The van der Waals surface area contributed by atoms with Gasteiger partial charge in [0.25, 0.3) is 0 Å². The minimum absolute atomic E-state index is 0.0735. The summed E-state index contributed by atoms with van der Waals surface area (Å²) in [5.74, 6) is 2.31. The van der Waals surface area contributed by atoms with Crippen molar-refractivity contribution >= 4 is 11.6 Å². The molecule has 0 amide bonds. The summed E-state index contributed by atoms with van der Waals surface area (Å²) in [6.07, 6.45) is 6.36. The Kier molecular flexibility index (Phi) is 5.31. The van der Waals surface area contributed by atoms with Crippen LogP contribution in [-0.4, -0.2) is 12.6 Å². The molecule has 1 N–H and O–H groups in total. The second kappa shape index (κ2) is 6.52. The van der Waals surface area contributed by atoms with Crippen molar-refractivity contribution in [2.24, 2.45) is 0 Å². The van der Waals surface area contributed by atoms with Crippen molar-refractivity contribution < 1.29 is 4.39 Å². The van der Waals surface area contributed by atoms with E-state index in [1.165, 1.54) is 6.07 Å². The maximum absolute atomic E-state index is 13.5. The number of hydrogen-bond donors (Lipinski definition) is 1. The molecule has 86 valence electrons. The number of benzene rings is 1. The van der Waals surface area contributed by atoms with Crippen molar-refractivity contribution in [2.45, 2.75) is 25.8 Å². The third-order valence-electron chi connectivity index (χ3n) is 2.37. The lowest BCUT2D eigenvalue weighted by Gasteiger charge is -2.16. The Morgan fingerprint density at radius 2 is 2.31 bits per heavy atom. The number of terminal acetylenes is 1. The maximum Gasteiger partial charge on any atom is 0.127 e. The van der Waals surface area contributed by atoms with E-state index < -0.39 is 0 Å². The van der Waals surface area contributed by atoms with Gasteiger partial charge in [0.05, 0.1) is 0 Å². The highest BCUT2D eigenvalue weighted by Crippen LogP contribution is 2.21. The van der Waals surface area contributed by atoms with Crippen LogP contribution >= 0.6 is 11.6 Å². The van der Waals surface area contributed by atoms with Gasteiger partial charge >= 0.3 is 0 Å². The van der Waals surface area contributed by atoms with Crippen LogP contribution in [0.4, 0.5) is 4.39 Å². The number of halogens is 2. The van der Waals surface area contributed by atoms with Crippen LogP contribution in [0.5, 0.6) is 0 Å². The maximum atomic E-state index is 13.5. The lowest BCUT2D eigenvalue weighted by Crippen LogP contribution is -2.31. The molecule has 16 heavy (non-hydrogen) atoms. The van der Waals surface area contributed by atoms with Crippen LogP contribution in [0.25, 0.3) is 0 Å². The van der Waals surface area contributed by atoms with Gasteiger partial charge in [-0.05, 0) is 25.1 Å². The first-order valence-electron chi connectivity index (χ1n) is 5.28. The molecular formula is C13H15ClFN. The van der Waals surface area contributed by atoms with E-state index in [0.29, 0.717) is 23.4 Å². The minimum Gasteiger partial charge on any atom is -0.313 e. The molecule has 1 unspecified atom stereocenters. The van der Waals surface area contributed by atoms with Gasteiger partial charge in [-0.15, -0.1) is 12.3 Å². The number of likely N-dealkylation sites (N-methyl/N-ethyl adjacent to an activating group) is 1. The Morgan fingerprint density at radius 3 is 2.88 bits per heavy atom. The molecule has 0 bridgehead atoms. The summed E-state index contributed by atoms with van der Waals surface area (Å²) < 4.78 is 13.5. The molecular weight excluding hydrogens is 225 g/mol. The van der Waals surface area contributed by atoms with Crippen LogP contribution in [0, 0.1) is 18.2 Å². The van der Waals surface area contributed by atoms with Crippen LogP contribution in [0.2, 0.25) is 5.02 Å². The Balaban J connectivity index is 2.81. The van der Waals surface area contributed by atoms with Crippen molar-refractivity contribution in [1.82, 2.24) is 5.32 Å². The predicted octanol–water partition coefficient (Wildman–Crippen LogP) is 3.02. The molecule has 0 aliphatic rings. The van der Waals surface area contributed by atoms with Crippen molar-refractivity contribution in [1.29, 1.82) is 0 Å². The summed E-state index contributed by atoms with van der Waals surface area (Å²) in [6.45, 7) is 2.80. The largest absolute Gasteiger partial charge is 0.313 e. The molecule has 1 rings (SSSR count). The van der Waals surface area contributed by atoms with Crippen LogP contribution in [0.3, 0.4) is 0 Å². The SMILES string of the molecule is C#CCC(Cc1c(F)cccc1Cl)NCC. The normalized spacial score (nSPS) is 12.1. The highest BCUT2D eigenvalue weighted by Gasteiger charge is 2.13. The Bertz CT molecular complexity index is 364. The highest BCUT2D eigenvalue weighted by molar-refractivity contribution is 6.31. The number of hydrogen-bond acceptors (Lipinski definition) is 1. The molecule has 0 spiro atoms. The lowest BCUT2D eigenvalue weighted by molar-refractivity contribution is 0.517. The summed E-state index contributed by atoms with van der Waals surface area (Å²) in [6, 6.07) is 4.79. The summed E-state index contributed by atoms with van der Waals surface area (Å²) in [7, 11) is 0. The first kappa shape index (κ1) is 13.0. The van der Waals surface area contributed by atoms with Gasteiger partial charge in [-0.3, -0.25) is 0 Å². The van der Waals surface area contributed by atoms with Crippen molar-refractivity contribution in [3.8, 4) is 12.3 Å². The molecule has 0 aromatic heterocycles. The first-order chi connectivity index (χ1) is 7.69. The average Bonchev–Trinajstić information content (AvgIpc) is 2.24. The monoisotopic (exact) mass is 239 g/mol. The van der Waals surface area contributed by atoms with Gasteiger partial charge in [0.2, 0.25) is 0 Å². The zero-order valence-electron chi connectivity index (χ0n) is 9.26. The van der Waals surface area contributed by atoms with E-state index in [9.17, 15) is 4.39 Å². The van der Waals surface area contributed by atoms with E-state index >= 15 is 0 Å². The van der Waals surface area contributed by atoms with Crippen molar-refractivity contribution in [3.05, 3.63) is 34.6 Å². The van der Waals surface area contributed by atoms with Gasteiger partial charge in [-0.2, -0.15) is 0 Å². The molecule has 0 aliphatic heterocycles. The minimum atomic E-state index is -0.271. The van der Waals surface area contributed by atoms with E-state index in [0.717, 1.165) is 6.54 Å². The van der Waals surface area contributed by atoms with Gasteiger partial charge in [-0.1, -0.05) is 24.6 Å². The average molecular weight is 240 g/mol. The molecule has 1 aromatic rings. The summed E-state index contributed by atoms with van der Waals surface area (Å²) in [5.41, 5.74) is 0.533. The number of rotatable bonds is 5. The van der Waals surface area contributed by atoms with E-state index in [1.54, 1.807) is 12.1 Å². The molecule has 0 saturated heterocycles. The molecule has 1 aromatic carbocycles. The van der Waals surface area contributed by atoms with Crippen LogP contribution in [0.1, 0.15) is 18.9 Å². The smallest absolute Gasteiger partial charge is 0.127 e. The van der Waals surface area contributed by atoms with Gasteiger partial charge in [0.15, 0.2) is 0 Å². The van der Waals surface area contributed by atoms with E-state index in [1.807, 2.05) is 6.92 Å². The number of nitrogens with one attached hydrogen (secondary N) is 1. The second-order valence-electron chi connectivity index (χ2n) is 3.57. The van der Waals surface area contributed by atoms with Crippen LogP contribution in [0.15, 0.2) is 18.2 Å². The fourth-order valence-corrected chi connectivity index (χ4v) is 1.86. The zero-order valence-corrected chi connectivity index (χ0v) is 10.0. The standard InChI is InChI=1S/C13H15ClFN/c1-3-6-10(16-4-2)9-11-12(14)7-5-8-13(11)15/h1,5,7-8,10,16H,4,6,9H2,2H3. The van der Waals surface area contributed by atoms with E-state index in [2.05, 4.69) is 11.2 Å². The quantitative estimate of drug-likeness (QED) is 0.779. The fraction of sp³-hybridized carbons (Fsp3) is 0.385. The summed E-state index contributed by atoms with van der Waals surface area (Å²) in [5, 5.41) is 3.68. The van der Waals surface area contributed by atoms with E-state index in [4.69, 9.17) is 18.0 Å². The molecule has 0 fully saturated rings. The molecule has 0 radical (unpaired) electrons. The Morgan fingerprint density at radius 1 is 1.56 bits per heavy atom. The molecule has 0 heterocycles. The molecule has 3 heteroatoms. The van der Waals surface area contributed by atoms with Gasteiger partial charge in [0, 0.05) is 23.0 Å².